The van der Waals surface area contributed by atoms with E-state index in [1.807, 2.05) is 7.11 Å². The van der Waals surface area contributed by atoms with Crippen molar-refractivity contribution in [3.05, 3.63) is 35.4 Å². The van der Waals surface area contributed by atoms with E-state index >= 15 is 0 Å². The average molecular weight is 345 g/mol. The molecule has 139 valence electrons. The summed E-state index contributed by atoms with van der Waals surface area (Å²) in [5, 5.41) is 13.9. The van der Waals surface area contributed by atoms with E-state index in [9.17, 15) is 5.21 Å². The third-order valence-electron chi connectivity index (χ3n) is 6.48. The van der Waals surface area contributed by atoms with E-state index in [0.29, 0.717) is 17.9 Å². The molecule has 1 heterocycles. The van der Waals surface area contributed by atoms with Gasteiger partial charge in [-0.05, 0) is 89.2 Å². The first-order valence-corrected chi connectivity index (χ1v) is 9.83. The van der Waals surface area contributed by atoms with Crippen LogP contribution in [0.5, 0.6) is 0 Å². The molecule has 1 aliphatic heterocycles. The average Bonchev–Trinajstić information content (AvgIpc) is 2.59. The Kier molecular flexibility index (Phi) is 5.30. The van der Waals surface area contributed by atoms with Gasteiger partial charge in [-0.1, -0.05) is 24.3 Å². The van der Waals surface area contributed by atoms with Crippen molar-refractivity contribution in [3.63, 3.8) is 0 Å². The van der Waals surface area contributed by atoms with Crippen molar-refractivity contribution < 1.29 is 9.94 Å². The van der Waals surface area contributed by atoms with Crippen LogP contribution in [0, 0.1) is 0 Å². The van der Waals surface area contributed by atoms with Crippen molar-refractivity contribution in [1.29, 1.82) is 0 Å². The minimum Gasteiger partial charge on any atom is -0.381 e. The summed E-state index contributed by atoms with van der Waals surface area (Å²) >= 11 is 0. The Labute approximate surface area is 153 Å². The molecule has 0 unspecified atom stereocenters. The van der Waals surface area contributed by atoms with Gasteiger partial charge in [-0.15, -0.1) is 10.3 Å². The highest BCUT2D eigenvalue weighted by molar-refractivity contribution is 5.29. The van der Waals surface area contributed by atoms with Crippen LogP contribution in [0.3, 0.4) is 0 Å². The molecule has 3 rings (SSSR count). The molecule has 0 atom stereocenters. The Morgan fingerprint density at radius 3 is 1.72 bits per heavy atom. The fourth-order valence-corrected chi connectivity index (χ4v) is 5.17. The van der Waals surface area contributed by atoms with Gasteiger partial charge in [-0.3, -0.25) is 0 Å². The lowest BCUT2D eigenvalue weighted by molar-refractivity contribution is -0.289. The predicted molar refractivity (Wildman–Crippen MR) is 101 cm³/mol. The Morgan fingerprint density at radius 1 is 0.840 bits per heavy atom. The highest BCUT2D eigenvalue weighted by atomic mass is 16.5. The van der Waals surface area contributed by atoms with Gasteiger partial charge < -0.3 is 4.74 Å². The first kappa shape index (κ1) is 18.9. The van der Waals surface area contributed by atoms with Gasteiger partial charge in [0.1, 0.15) is 0 Å². The molecule has 0 bridgehead atoms. The smallest absolute Gasteiger partial charge is 0.0571 e. The number of ether oxygens (including phenoxy) is 1. The maximum Gasteiger partial charge on any atom is 0.0571 e. The monoisotopic (exact) mass is 344 g/mol. The van der Waals surface area contributed by atoms with Gasteiger partial charge in [0.2, 0.25) is 0 Å². The highest BCUT2D eigenvalue weighted by Crippen LogP contribution is 2.45. The quantitative estimate of drug-likeness (QED) is 0.731. The number of hydrogen-bond donors (Lipinski definition) is 0. The van der Waals surface area contributed by atoms with Gasteiger partial charge in [0, 0.05) is 18.2 Å². The molecule has 1 aliphatic carbocycles. The molecule has 0 amide bonds. The van der Waals surface area contributed by atoms with E-state index in [1.165, 1.54) is 41.9 Å². The Balaban J connectivity index is 1.70. The molecule has 2 aliphatic rings. The second-order valence-electron chi connectivity index (χ2n) is 9.40. The van der Waals surface area contributed by atoms with Crippen LogP contribution in [0.2, 0.25) is 0 Å². The van der Waals surface area contributed by atoms with Crippen LogP contribution in [0.15, 0.2) is 24.3 Å². The molecule has 0 aromatic heterocycles. The maximum absolute atomic E-state index is 12.6. The highest BCUT2D eigenvalue weighted by Gasteiger charge is 2.46. The SMILES string of the molecule is COC1CCC(c2ccc(C3CC(C)(C)N([O])C(C)(C)C3)cc2)CC1. The summed E-state index contributed by atoms with van der Waals surface area (Å²) in [6, 6.07) is 9.29. The summed E-state index contributed by atoms with van der Waals surface area (Å²) in [6.45, 7) is 8.32. The summed E-state index contributed by atoms with van der Waals surface area (Å²) < 4.78 is 5.49. The summed E-state index contributed by atoms with van der Waals surface area (Å²) in [5.41, 5.74) is 2.26. The topological polar surface area (TPSA) is 32.4 Å². The zero-order chi connectivity index (χ0) is 18.2. The van der Waals surface area contributed by atoms with Crippen LogP contribution in [-0.4, -0.2) is 29.4 Å². The third-order valence-corrected chi connectivity index (χ3v) is 6.48. The minimum absolute atomic E-state index is 0.302. The van der Waals surface area contributed by atoms with Crippen LogP contribution in [-0.2, 0) is 9.94 Å². The summed E-state index contributed by atoms with van der Waals surface area (Å²) in [7, 11) is 1.83. The first-order chi connectivity index (χ1) is 11.7. The number of hydrogen-bond acceptors (Lipinski definition) is 2. The Morgan fingerprint density at radius 2 is 1.28 bits per heavy atom. The lowest BCUT2D eigenvalue weighted by Gasteiger charge is -2.50. The molecule has 1 aromatic carbocycles. The number of rotatable bonds is 3. The van der Waals surface area contributed by atoms with Crippen molar-refractivity contribution in [2.75, 3.05) is 7.11 Å². The number of piperidine rings is 1. The molecule has 1 saturated heterocycles. The number of benzene rings is 1. The van der Waals surface area contributed by atoms with Gasteiger partial charge in [0.15, 0.2) is 0 Å². The molecule has 0 spiro atoms. The van der Waals surface area contributed by atoms with Crippen molar-refractivity contribution in [1.82, 2.24) is 5.06 Å². The lowest BCUT2D eigenvalue weighted by Crippen LogP contribution is -2.57. The van der Waals surface area contributed by atoms with Gasteiger partial charge in [-0.2, -0.15) is 0 Å². The fraction of sp³-hybridized carbons (Fsp3) is 0.727. The molecule has 0 N–H and O–H groups in total. The molecule has 1 saturated carbocycles. The molecule has 3 heteroatoms. The Hall–Kier alpha value is -0.900. The molecule has 25 heavy (non-hydrogen) atoms. The zero-order valence-electron chi connectivity index (χ0n) is 16.5. The molecule has 3 nitrogen and oxygen atoms in total. The van der Waals surface area contributed by atoms with Gasteiger partial charge >= 0.3 is 0 Å². The summed E-state index contributed by atoms with van der Waals surface area (Å²) in [6.07, 6.45) is 7.12. The van der Waals surface area contributed by atoms with Crippen LogP contribution in [0.25, 0.3) is 0 Å². The fourth-order valence-electron chi connectivity index (χ4n) is 5.17. The summed E-state index contributed by atoms with van der Waals surface area (Å²) in [5.74, 6) is 1.14. The summed E-state index contributed by atoms with van der Waals surface area (Å²) in [4.78, 5) is 0. The van der Waals surface area contributed by atoms with E-state index in [1.54, 1.807) is 0 Å². The Bertz CT molecular complexity index is 552. The standard InChI is InChI=1S/C22H34NO2/c1-21(2)14-19(15-22(3,4)23(21)24)18-8-6-16(7-9-18)17-10-12-20(25-5)13-11-17/h6-9,17,19-20H,10-15H2,1-5H3. The predicted octanol–water partition coefficient (Wildman–Crippen LogP) is 5.44. The van der Waals surface area contributed by atoms with Crippen molar-refractivity contribution in [2.45, 2.75) is 95.2 Å². The van der Waals surface area contributed by atoms with Crippen LogP contribution >= 0.6 is 0 Å². The van der Waals surface area contributed by atoms with E-state index < -0.39 is 0 Å². The van der Waals surface area contributed by atoms with Gasteiger partial charge in [0.25, 0.3) is 0 Å². The largest absolute Gasteiger partial charge is 0.381 e. The van der Waals surface area contributed by atoms with Crippen molar-refractivity contribution in [2.24, 2.45) is 0 Å². The van der Waals surface area contributed by atoms with E-state index in [2.05, 4.69) is 52.0 Å². The van der Waals surface area contributed by atoms with Crippen LogP contribution in [0.4, 0.5) is 0 Å². The second-order valence-corrected chi connectivity index (χ2v) is 9.40. The maximum atomic E-state index is 12.6. The molecular weight excluding hydrogens is 310 g/mol. The molecule has 1 radical (unpaired) electrons. The van der Waals surface area contributed by atoms with Gasteiger partial charge in [-0.25, -0.2) is 0 Å². The molecular formula is C22H34NO2. The van der Waals surface area contributed by atoms with Crippen LogP contribution in [0.1, 0.15) is 89.2 Å². The van der Waals surface area contributed by atoms with Gasteiger partial charge in [0.05, 0.1) is 6.10 Å². The van der Waals surface area contributed by atoms with E-state index in [0.717, 1.165) is 12.8 Å². The molecule has 2 fully saturated rings. The second kappa shape index (κ2) is 7.02. The number of nitrogens with zero attached hydrogens (tertiary/aromatic N) is 1. The first-order valence-electron chi connectivity index (χ1n) is 9.83. The van der Waals surface area contributed by atoms with Crippen molar-refractivity contribution >= 4 is 0 Å². The zero-order valence-corrected chi connectivity index (χ0v) is 16.5. The van der Waals surface area contributed by atoms with Crippen molar-refractivity contribution in [3.8, 4) is 0 Å². The third kappa shape index (κ3) is 3.94. The molecule has 1 aromatic rings. The van der Waals surface area contributed by atoms with E-state index in [-0.39, 0.29) is 11.1 Å². The number of hydroxylamine groups is 2. The minimum atomic E-state index is -0.302. The normalized spacial score (nSPS) is 30.3. The number of methoxy groups -OCH3 is 1. The van der Waals surface area contributed by atoms with Crippen LogP contribution < -0.4 is 0 Å². The lowest BCUT2D eigenvalue weighted by atomic mass is 9.72. The van der Waals surface area contributed by atoms with E-state index in [4.69, 9.17) is 4.74 Å².